The molecule has 0 amide bonds. The number of carbonyl (C=O) groups excluding carboxylic acids is 1. The molecule has 3 rings (SSSR count). The third-order valence-corrected chi connectivity index (χ3v) is 4.64. The van der Waals surface area contributed by atoms with Gasteiger partial charge in [0.05, 0.1) is 5.56 Å². The number of rotatable bonds is 6. The molecule has 0 bridgehead atoms. The Morgan fingerprint density at radius 3 is 3.05 bits per heavy atom. The van der Waals surface area contributed by atoms with Crippen LogP contribution in [0.4, 0.5) is 4.39 Å². The minimum Gasteiger partial charge on any atom is -0.488 e. The van der Waals surface area contributed by atoms with Gasteiger partial charge in [-0.05, 0) is 37.9 Å². The molecule has 120 valence electrons. The molecule has 1 aliphatic carbocycles. The van der Waals surface area contributed by atoms with Crippen molar-refractivity contribution < 1.29 is 18.7 Å². The number of ether oxygens (including phenoxy) is 2. The summed E-state index contributed by atoms with van der Waals surface area (Å²) in [6, 6.07) is 5.73. The number of nitrogens with zero attached hydrogens (tertiary/aromatic N) is 1. The summed E-state index contributed by atoms with van der Waals surface area (Å²) < 4.78 is 24.0. The summed E-state index contributed by atoms with van der Waals surface area (Å²) in [5.74, 6) is 0.451. The van der Waals surface area contributed by atoms with Gasteiger partial charge in [0.15, 0.2) is 0 Å². The first kappa shape index (κ1) is 15.3. The van der Waals surface area contributed by atoms with Crippen molar-refractivity contribution in [1.29, 1.82) is 0 Å². The second kappa shape index (κ2) is 6.65. The maximum Gasteiger partial charge on any atom is 0.339 e. The predicted octanol–water partition coefficient (Wildman–Crippen LogP) is 2.95. The molecule has 5 heteroatoms. The van der Waals surface area contributed by atoms with Gasteiger partial charge < -0.3 is 9.47 Å². The number of benzene rings is 1. The highest BCUT2D eigenvalue weighted by Crippen LogP contribution is 2.33. The van der Waals surface area contributed by atoms with Gasteiger partial charge in [-0.1, -0.05) is 13.0 Å². The van der Waals surface area contributed by atoms with Crippen LogP contribution in [0.25, 0.3) is 0 Å². The number of halogens is 1. The van der Waals surface area contributed by atoms with E-state index in [4.69, 9.17) is 9.47 Å². The normalized spacial score (nSPS) is 23.7. The number of fused-ring (bicyclic) bond motifs is 1. The van der Waals surface area contributed by atoms with Gasteiger partial charge in [0.1, 0.15) is 25.1 Å². The van der Waals surface area contributed by atoms with E-state index in [1.54, 1.807) is 6.07 Å². The molecule has 0 unspecified atom stereocenters. The van der Waals surface area contributed by atoms with E-state index in [1.807, 2.05) is 12.1 Å². The number of alkyl halides is 1. The average molecular weight is 307 g/mol. The van der Waals surface area contributed by atoms with E-state index in [1.165, 1.54) is 0 Å². The Balaban J connectivity index is 1.77. The first-order chi connectivity index (χ1) is 10.7. The topological polar surface area (TPSA) is 38.8 Å². The van der Waals surface area contributed by atoms with Gasteiger partial charge in [-0.25, -0.2) is 9.18 Å². The van der Waals surface area contributed by atoms with Crippen LogP contribution >= 0.6 is 0 Å². The second-order valence-electron chi connectivity index (χ2n) is 5.83. The fraction of sp³-hybridized carbons (Fsp3) is 0.588. The Bertz CT molecular complexity index is 549. The van der Waals surface area contributed by atoms with Crippen LogP contribution < -0.4 is 4.74 Å². The zero-order chi connectivity index (χ0) is 15.5. The van der Waals surface area contributed by atoms with E-state index in [2.05, 4.69) is 11.8 Å². The van der Waals surface area contributed by atoms with Crippen LogP contribution in [0.2, 0.25) is 0 Å². The smallest absolute Gasteiger partial charge is 0.339 e. The van der Waals surface area contributed by atoms with Crippen molar-refractivity contribution in [3.8, 4) is 5.75 Å². The molecule has 1 heterocycles. The summed E-state index contributed by atoms with van der Waals surface area (Å²) in [4.78, 5) is 13.8. The van der Waals surface area contributed by atoms with E-state index in [0.717, 1.165) is 37.1 Å². The maximum absolute atomic E-state index is 12.7. The Labute approximate surface area is 130 Å². The Kier molecular flexibility index (Phi) is 4.62. The summed E-state index contributed by atoms with van der Waals surface area (Å²) >= 11 is 0. The Morgan fingerprint density at radius 1 is 1.41 bits per heavy atom. The van der Waals surface area contributed by atoms with E-state index in [-0.39, 0.29) is 31.4 Å². The van der Waals surface area contributed by atoms with E-state index >= 15 is 0 Å². The fourth-order valence-electron chi connectivity index (χ4n) is 3.52. The summed E-state index contributed by atoms with van der Waals surface area (Å²) in [6.07, 6.45) is 3.13. The number of hydrogen-bond acceptors (Lipinski definition) is 4. The summed E-state index contributed by atoms with van der Waals surface area (Å²) in [5.41, 5.74) is 1.44. The highest BCUT2D eigenvalue weighted by Gasteiger charge is 2.34. The molecule has 0 radical (unpaired) electrons. The number of cyclic esters (lactones) is 1. The number of carbonyl (C=O) groups is 1. The van der Waals surface area contributed by atoms with Crippen LogP contribution in [-0.2, 0) is 11.3 Å². The van der Waals surface area contributed by atoms with Crippen molar-refractivity contribution in [3.63, 3.8) is 0 Å². The second-order valence-corrected chi connectivity index (χ2v) is 5.83. The first-order valence-electron chi connectivity index (χ1n) is 8.00. The van der Waals surface area contributed by atoms with E-state index in [9.17, 15) is 9.18 Å². The summed E-state index contributed by atoms with van der Waals surface area (Å²) in [7, 11) is 0. The van der Waals surface area contributed by atoms with Crippen molar-refractivity contribution in [2.24, 2.45) is 0 Å². The van der Waals surface area contributed by atoms with Crippen LogP contribution in [0.5, 0.6) is 5.75 Å². The fourth-order valence-corrected chi connectivity index (χ4v) is 3.52. The lowest BCUT2D eigenvalue weighted by Crippen LogP contribution is -2.43. The third kappa shape index (κ3) is 2.82. The molecule has 4 nitrogen and oxygen atoms in total. The Hall–Kier alpha value is -1.62. The minimum absolute atomic E-state index is 0.0497. The molecule has 1 aliphatic heterocycles. The van der Waals surface area contributed by atoms with Crippen molar-refractivity contribution in [1.82, 2.24) is 4.90 Å². The summed E-state index contributed by atoms with van der Waals surface area (Å²) in [5, 5.41) is 0. The lowest BCUT2D eigenvalue weighted by Gasteiger charge is -2.31. The minimum atomic E-state index is -0.333. The van der Waals surface area contributed by atoms with Gasteiger partial charge in [-0.2, -0.15) is 0 Å². The van der Waals surface area contributed by atoms with Crippen LogP contribution in [0.15, 0.2) is 18.2 Å². The average Bonchev–Trinajstić information content (AvgIpc) is 3.13. The molecule has 0 N–H and O–H groups in total. The molecular weight excluding hydrogens is 285 g/mol. The van der Waals surface area contributed by atoms with Crippen molar-refractivity contribution in [3.05, 3.63) is 29.3 Å². The molecule has 0 spiro atoms. The maximum atomic E-state index is 12.7. The molecule has 2 aliphatic rings. The van der Waals surface area contributed by atoms with Crippen molar-refractivity contribution in [2.75, 3.05) is 19.8 Å². The van der Waals surface area contributed by atoms with Gasteiger partial charge in [-0.15, -0.1) is 0 Å². The largest absolute Gasteiger partial charge is 0.488 e. The van der Waals surface area contributed by atoms with E-state index in [0.29, 0.717) is 12.1 Å². The predicted molar refractivity (Wildman–Crippen MR) is 80.8 cm³/mol. The molecule has 1 fully saturated rings. The Morgan fingerprint density at radius 2 is 2.27 bits per heavy atom. The van der Waals surface area contributed by atoms with Gasteiger partial charge in [0.2, 0.25) is 0 Å². The van der Waals surface area contributed by atoms with Gasteiger partial charge in [-0.3, -0.25) is 4.90 Å². The monoisotopic (exact) mass is 307 g/mol. The van der Waals surface area contributed by atoms with Crippen LogP contribution in [0.1, 0.15) is 42.1 Å². The van der Waals surface area contributed by atoms with Crippen molar-refractivity contribution in [2.45, 2.75) is 44.9 Å². The molecule has 1 aromatic carbocycles. The standard InChI is InChI=1S/C17H22FNO3/c1-2-19(10-9-18)14-6-4-8-16(14)22-15-7-3-5-12-13(15)11-21-17(12)20/h3,5,7,14,16H,2,4,6,8-11H2,1H3/t14-,16-/m0/s1. The third-order valence-electron chi connectivity index (χ3n) is 4.64. The molecule has 22 heavy (non-hydrogen) atoms. The molecular formula is C17H22FNO3. The highest BCUT2D eigenvalue weighted by atomic mass is 19.1. The van der Waals surface area contributed by atoms with Gasteiger partial charge >= 0.3 is 5.97 Å². The molecule has 0 saturated heterocycles. The molecule has 1 saturated carbocycles. The number of esters is 1. The van der Waals surface area contributed by atoms with E-state index < -0.39 is 0 Å². The summed E-state index contributed by atoms with van der Waals surface area (Å²) in [6.45, 7) is 3.28. The molecule has 1 aromatic rings. The quantitative estimate of drug-likeness (QED) is 0.758. The number of likely N-dealkylation sites (N-methyl/N-ethyl adjacent to an activating group) is 1. The van der Waals surface area contributed by atoms with Gasteiger partial charge in [0, 0.05) is 18.2 Å². The molecule has 2 atom stereocenters. The lowest BCUT2D eigenvalue weighted by molar-refractivity contribution is 0.0530. The van der Waals surface area contributed by atoms with Crippen LogP contribution in [-0.4, -0.2) is 42.8 Å². The zero-order valence-electron chi connectivity index (χ0n) is 12.9. The van der Waals surface area contributed by atoms with Crippen LogP contribution in [0.3, 0.4) is 0 Å². The zero-order valence-corrected chi connectivity index (χ0v) is 12.9. The SMILES string of the molecule is CCN(CCF)[C@H]1CCC[C@@H]1Oc1cccc2c1COC2=O. The van der Waals surface area contributed by atoms with Crippen LogP contribution in [0, 0.1) is 0 Å². The highest BCUT2D eigenvalue weighted by molar-refractivity contribution is 5.94. The number of hydrogen-bond donors (Lipinski definition) is 0. The molecule has 0 aromatic heterocycles. The lowest BCUT2D eigenvalue weighted by atomic mass is 10.1. The first-order valence-corrected chi connectivity index (χ1v) is 8.00. The van der Waals surface area contributed by atoms with Gasteiger partial charge in [0.25, 0.3) is 0 Å². The van der Waals surface area contributed by atoms with Crippen molar-refractivity contribution >= 4 is 5.97 Å².